The molecule has 0 bridgehead atoms. The van der Waals surface area contributed by atoms with Crippen LogP contribution in [0.3, 0.4) is 0 Å². The number of thioether (sulfide) groups is 1. The first-order chi connectivity index (χ1) is 17.8. The second-order valence-corrected chi connectivity index (χ2v) is 10.3. The van der Waals surface area contributed by atoms with Crippen LogP contribution in [0.2, 0.25) is 0 Å². The van der Waals surface area contributed by atoms with Gasteiger partial charge in [0, 0.05) is 30.3 Å². The van der Waals surface area contributed by atoms with Crippen molar-refractivity contribution in [1.82, 2.24) is 9.88 Å². The average Bonchev–Trinajstić information content (AvgIpc) is 3.40. The quantitative estimate of drug-likeness (QED) is 0.299. The van der Waals surface area contributed by atoms with Crippen molar-refractivity contribution in [1.29, 1.82) is 0 Å². The zero-order valence-corrected chi connectivity index (χ0v) is 20.9. The molecule has 0 amide bonds. The highest BCUT2D eigenvalue weighted by molar-refractivity contribution is 8.03. The van der Waals surface area contributed by atoms with Crippen LogP contribution in [0.25, 0.3) is 28.0 Å². The van der Waals surface area contributed by atoms with Crippen LogP contribution < -0.4 is 5.56 Å². The maximum absolute atomic E-state index is 13.7. The fourth-order valence-corrected chi connectivity index (χ4v) is 6.64. The Balaban J connectivity index is 1.57. The molecule has 1 atom stereocenters. The summed E-state index contributed by atoms with van der Waals surface area (Å²) in [5.74, 6) is 2.05. The van der Waals surface area contributed by atoms with Gasteiger partial charge in [-0.2, -0.15) is 4.98 Å². The lowest BCUT2D eigenvalue weighted by molar-refractivity contribution is 0.303. The minimum absolute atomic E-state index is 0.120. The van der Waals surface area contributed by atoms with Crippen LogP contribution in [-0.4, -0.2) is 28.7 Å². The summed E-state index contributed by atoms with van der Waals surface area (Å²) in [6.45, 7) is 2.07. The van der Waals surface area contributed by atoms with E-state index in [9.17, 15) is 4.79 Å². The maximum atomic E-state index is 13.7. The number of piperidine rings is 1. The van der Waals surface area contributed by atoms with E-state index in [-0.39, 0.29) is 11.5 Å². The number of nitrogens with zero attached hydrogens (tertiary/aromatic N) is 2. The molecule has 1 aromatic heterocycles. The normalized spacial score (nSPS) is 18.0. The second-order valence-electron chi connectivity index (χ2n) is 9.30. The summed E-state index contributed by atoms with van der Waals surface area (Å²) in [4.78, 5) is 20.8. The molecule has 180 valence electrons. The Morgan fingerprint density at radius 2 is 1.39 bits per heavy atom. The van der Waals surface area contributed by atoms with Gasteiger partial charge in [-0.05, 0) is 30.4 Å². The monoisotopic (exact) mass is 492 g/mol. The molecule has 1 unspecified atom stereocenters. The zero-order valence-electron chi connectivity index (χ0n) is 20.1. The van der Waals surface area contributed by atoms with Crippen molar-refractivity contribution in [2.24, 2.45) is 0 Å². The number of hydrogen-bond acceptors (Lipinski definition) is 5. The molecule has 2 aliphatic heterocycles. The van der Waals surface area contributed by atoms with Crippen molar-refractivity contribution in [2.45, 2.75) is 25.2 Å². The third-order valence-corrected chi connectivity index (χ3v) is 8.23. The van der Waals surface area contributed by atoms with E-state index < -0.39 is 0 Å². The minimum atomic E-state index is -0.254. The molecule has 36 heavy (non-hydrogen) atoms. The highest BCUT2D eigenvalue weighted by atomic mass is 32.2. The molecule has 0 radical (unpaired) electrons. The van der Waals surface area contributed by atoms with Crippen molar-refractivity contribution in [2.75, 3.05) is 18.8 Å². The lowest BCUT2D eigenvalue weighted by Crippen LogP contribution is -2.28. The summed E-state index contributed by atoms with van der Waals surface area (Å²) in [5, 5.41) is 1.21. The van der Waals surface area contributed by atoms with E-state index in [0.717, 1.165) is 35.5 Å². The highest BCUT2D eigenvalue weighted by Gasteiger charge is 2.35. The summed E-state index contributed by atoms with van der Waals surface area (Å²) in [6, 6.07) is 30.1. The smallest absolute Gasteiger partial charge is 0.284 e. The summed E-state index contributed by atoms with van der Waals surface area (Å²) in [5.41, 5.74) is 4.21. The highest BCUT2D eigenvalue weighted by Crippen LogP contribution is 2.49. The number of allylic oxidation sites excluding steroid dienone is 1. The molecule has 5 heteroatoms. The molecule has 1 saturated heterocycles. The van der Waals surface area contributed by atoms with Gasteiger partial charge in [0.25, 0.3) is 5.56 Å². The molecule has 0 aliphatic carbocycles. The Kier molecular flexibility index (Phi) is 6.48. The molecule has 0 spiro atoms. The van der Waals surface area contributed by atoms with Gasteiger partial charge in [-0.25, -0.2) is 0 Å². The maximum Gasteiger partial charge on any atom is 0.284 e. The number of hydrogen-bond donors (Lipinski definition) is 0. The minimum Gasteiger partial charge on any atom is -0.437 e. The fourth-order valence-electron chi connectivity index (χ4n) is 5.20. The SMILES string of the molecule is O=c1nc(C2=C(N3CCCCC3)SCC2c2ccccc2)oc(-c2ccccc2)c1-c1ccccc1. The van der Waals surface area contributed by atoms with Gasteiger partial charge in [0.1, 0.15) is 5.76 Å². The van der Waals surface area contributed by atoms with Crippen LogP contribution >= 0.6 is 11.8 Å². The molecule has 1 fully saturated rings. The molecule has 3 aromatic carbocycles. The topological polar surface area (TPSA) is 46.3 Å². The van der Waals surface area contributed by atoms with Crippen molar-refractivity contribution in [3.63, 3.8) is 0 Å². The number of benzene rings is 3. The lowest BCUT2D eigenvalue weighted by atomic mass is 9.92. The van der Waals surface area contributed by atoms with E-state index in [4.69, 9.17) is 4.42 Å². The van der Waals surface area contributed by atoms with Crippen molar-refractivity contribution in [3.8, 4) is 22.5 Å². The predicted molar refractivity (Wildman–Crippen MR) is 148 cm³/mol. The molecule has 3 heterocycles. The Morgan fingerprint density at radius 1 is 0.778 bits per heavy atom. The average molecular weight is 493 g/mol. The van der Waals surface area contributed by atoms with E-state index in [0.29, 0.717) is 17.2 Å². The summed E-state index contributed by atoms with van der Waals surface area (Å²) in [7, 11) is 0. The fraction of sp³-hybridized carbons (Fsp3) is 0.226. The van der Waals surface area contributed by atoms with E-state index >= 15 is 0 Å². The number of rotatable bonds is 5. The van der Waals surface area contributed by atoms with Gasteiger partial charge in [0.05, 0.1) is 16.2 Å². The second kappa shape index (κ2) is 10.2. The van der Waals surface area contributed by atoms with Gasteiger partial charge in [0.15, 0.2) is 0 Å². The van der Waals surface area contributed by atoms with Gasteiger partial charge in [-0.3, -0.25) is 4.79 Å². The Labute approximate surface area is 215 Å². The van der Waals surface area contributed by atoms with E-state index in [1.807, 2.05) is 78.5 Å². The van der Waals surface area contributed by atoms with Crippen LogP contribution in [0.1, 0.15) is 36.6 Å². The van der Waals surface area contributed by atoms with Crippen LogP contribution in [-0.2, 0) is 0 Å². The first-order valence-corrected chi connectivity index (χ1v) is 13.6. The van der Waals surface area contributed by atoms with Crippen molar-refractivity contribution in [3.05, 3.63) is 118 Å². The Hall–Kier alpha value is -3.57. The molecule has 2 aliphatic rings. The standard InChI is InChI=1S/C31H28N2O2S/c34-29-26(23-15-7-2-8-16-23)28(24-17-9-3-10-18-24)35-30(32-29)27-25(22-13-5-1-6-14-22)21-36-31(27)33-19-11-4-12-20-33/h1-3,5-10,13-18,25H,4,11-12,19-21H2. The molecule has 4 nitrogen and oxygen atoms in total. The van der Waals surface area contributed by atoms with E-state index in [1.54, 1.807) is 0 Å². The molecule has 0 N–H and O–H groups in total. The van der Waals surface area contributed by atoms with Crippen LogP contribution in [0, 0.1) is 0 Å². The van der Waals surface area contributed by atoms with Crippen molar-refractivity contribution >= 4 is 17.3 Å². The molecule has 0 saturated carbocycles. The van der Waals surface area contributed by atoms with Gasteiger partial charge >= 0.3 is 0 Å². The van der Waals surface area contributed by atoms with Gasteiger partial charge in [0.2, 0.25) is 5.89 Å². The largest absolute Gasteiger partial charge is 0.437 e. The molecular weight excluding hydrogens is 464 g/mol. The third-order valence-electron chi connectivity index (χ3n) is 6.98. The summed E-state index contributed by atoms with van der Waals surface area (Å²) in [6.07, 6.45) is 3.64. The Morgan fingerprint density at radius 3 is 2.06 bits per heavy atom. The van der Waals surface area contributed by atoms with E-state index in [1.165, 1.54) is 29.9 Å². The van der Waals surface area contributed by atoms with E-state index in [2.05, 4.69) is 34.1 Å². The Bertz CT molecular complexity index is 1430. The lowest BCUT2D eigenvalue weighted by Gasteiger charge is -2.30. The first kappa shape index (κ1) is 22.9. The molecular formula is C31H28N2O2S. The summed E-state index contributed by atoms with van der Waals surface area (Å²) >= 11 is 1.87. The predicted octanol–water partition coefficient (Wildman–Crippen LogP) is 7.05. The van der Waals surface area contributed by atoms with Crippen LogP contribution in [0.4, 0.5) is 0 Å². The zero-order chi connectivity index (χ0) is 24.3. The van der Waals surface area contributed by atoms with Crippen LogP contribution in [0.5, 0.6) is 0 Å². The van der Waals surface area contributed by atoms with Gasteiger partial charge in [-0.1, -0.05) is 91.0 Å². The van der Waals surface area contributed by atoms with Gasteiger partial charge in [-0.15, -0.1) is 11.8 Å². The number of likely N-dealkylation sites (tertiary alicyclic amines) is 1. The number of aromatic nitrogens is 1. The van der Waals surface area contributed by atoms with Crippen LogP contribution in [0.15, 0.2) is 105 Å². The van der Waals surface area contributed by atoms with Gasteiger partial charge < -0.3 is 9.32 Å². The third kappa shape index (κ3) is 4.40. The molecule has 4 aromatic rings. The first-order valence-electron chi connectivity index (χ1n) is 12.6. The van der Waals surface area contributed by atoms with Crippen molar-refractivity contribution < 1.29 is 4.42 Å². The summed E-state index contributed by atoms with van der Waals surface area (Å²) < 4.78 is 6.68. The molecule has 6 rings (SSSR count).